The number of likely N-dealkylation sites (N-methyl/N-ethyl adjacent to an activating group) is 1. The largest absolute Gasteiger partial charge is 0.469 e. The molecule has 0 spiro atoms. The number of methoxy groups -OCH3 is 1. The number of amides is 1. The fourth-order valence-corrected chi connectivity index (χ4v) is 1.92. The summed E-state index contributed by atoms with van der Waals surface area (Å²) in [5.41, 5.74) is 0. The molecule has 0 aliphatic heterocycles. The van der Waals surface area contributed by atoms with Crippen LogP contribution in [-0.4, -0.2) is 48.5 Å². The van der Waals surface area contributed by atoms with Gasteiger partial charge in [-0.25, -0.2) is 4.98 Å². The Bertz CT molecular complexity index is 479. The Balaban J connectivity index is 2.50. The van der Waals surface area contributed by atoms with E-state index in [1.165, 1.54) is 13.3 Å². The lowest BCUT2D eigenvalue weighted by Gasteiger charge is -2.22. The first-order valence-electron chi connectivity index (χ1n) is 6.67. The summed E-state index contributed by atoms with van der Waals surface area (Å²) in [6.45, 7) is 5.00. The van der Waals surface area contributed by atoms with E-state index in [0.29, 0.717) is 23.9 Å². The Kier molecular flexibility index (Phi) is 7.11. The maximum Gasteiger partial charge on any atom is 0.309 e. The molecule has 1 atom stereocenters. The second kappa shape index (κ2) is 8.59. The van der Waals surface area contributed by atoms with E-state index in [1.54, 1.807) is 19.1 Å². The predicted molar refractivity (Wildman–Crippen MR) is 81.2 cm³/mol. The van der Waals surface area contributed by atoms with Crippen molar-refractivity contribution in [2.75, 3.05) is 32.1 Å². The van der Waals surface area contributed by atoms with Crippen LogP contribution in [0.4, 0.5) is 5.82 Å². The molecule has 7 heteroatoms. The highest BCUT2D eigenvalue weighted by Gasteiger charge is 2.18. The Morgan fingerprint density at radius 2 is 2.19 bits per heavy atom. The molecule has 1 amide bonds. The number of anilines is 1. The van der Waals surface area contributed by atoms with Crippen molar-refractivity contribution in [2.45, 2.75) is 13.8 Å². The lowest BCUT2D eigenvalue weighted by molar-refractivity contribution is -0.145. The summed E-state index contributed by atoms with van der Waals surface area (Å²) >= 11 is 5.73. The molecule has 1 N–H and O–H groups in total. The fourth-order valence-electron chi connectivity index (χ4n) is 1.80. The number of hydrogen-bond donors (Lipinski definition) is 1. The van der Waals surface area contributed by atoms with E-state index in [1.807, 2.05) is 11.8 Å². The molecule has 116 valence electrons. The van der Waals surface area contributed by atoms with E-state index in [9.17, 15) is 9.59 Å². The van der Waals surface area contributed by atoms with Crippen molar-refractivity contribution in [3.05, 3.63) is 23.4 Å². The summed E-state index contributed by atoms with van der Waals surface area (Å²) < 4.78 is 4.68. The van der Waals surface area contributed by atoms with Gasteiger partial charge in [-0.15, -0.1) is 0 Å². The number of pyridine rings is 1. The maximum atomic E-state index is 11.9. The van der Waals surface area contributed by atoms with Crippen molar-refractivity contribution < 1.29 is 14.3 Å². The Hall–Kier alpha value is -1.66. The van der Waals surface area contributed by atoms with Crippen LogP contribution < -0.4 is 5.32 Å². The molecule has 21 heavy (non-hydrogen) atoms. The number of rotatable bonds is 7. The van der Waals surface area contributed by atoms with Gasteiger partial charge in [0.2, 0.25) is 5.91 Å². The van der Waals surface area contributed by atoms with Crippen LogP contribution in [0.5, 0.6) is 0 Å². The van der Waals surface area contributed by atoms with Crippen LogP contribution in [0.2, 0.25) is 5.02 Å². The predicted octanol–water partition coefficient (Wildman–Crippen LogP) is 1.80. The summed E-state index contributed by atoms with van der Waals surface area (Å²) in [5.74, 6) is -0.310. The molecule has 0 bridgehead atoms. The molecule has 6 nitrogen and oxygen atoms in total. The first-order chi connectivity index (χ1) is 9.96. The van der Waals surface area contributed by atoms with Gasteiger partial charge in [-0.2, -0.15) is 0 Å². The summed E-state index contributed by atoms with van der Waals surface area (Å²) in [6.07, 6.45) is 1.47. The number of carbonyl (C=O) groups excluding carboxylic acids is 2. The van der Waals surface area contributed by atoms with Crippen molar-refractivity contribution in [1.82, 2.24) is 9.88 Å². The molecule has 0 radical (unpaired) electrons. The van der Waals surface area contributed by atoms with Gasteiger partial charge in [0.05, 0.1) is 24.6 Å². The van der Waals surface area contributed by atoms with E-state index in [0.717, 1.165) is 0 Å². The molecule has 0 fully saturated rings. The van der Waals surface area contributed by atoms with Crippen LogP contribution in [0.15, 0.2) is 18.3 Å². The molecule has 0 aromatic carbocycles. The van der Waals surface area contributed by atoms with Gasteiger partial charge in [0.25, 0.3) is 0 Å². The van der Waals surface area contributed by atoms with Crippen molar-refractivity contribution in [3.63, 3.8) is 0 Å². The SMILES string of the molecule is CCN(CC(=O)Nc1ccc(Cl)cn1)C[C@H](C)C(=O)OC. The highest BCUT2D eigenvalue weighted by Crippen LogP contribution is 2.09. The Morgan fingerprint density at radius 3 is 2.71 bits per heavy atom. The van der Waals surface area contributed by atoms with E-state index >= 15 is 0 Å². The Morgan fingerprint density at radius 1 is 1.48 bits per heavy atom. The third kappa shape index (κ3) is 6.10. The quantitative estimate of drug-likeness (QED) is 0.777. The van der Waals surface area contributed by atoms with Crippen molar-refractivity contribution >= 4 is 29.3 Å². The fraction of sp³-hybridized carbons (Fsp3) is 0.500. The molecular formula is C14H20ClN3O3. The zero-order valence-electron chi connectivity index (χ0n) is 12.4. The van der Waals surface area contributed by atoms with Crippen molar-refractivity contribution in [3.8, 4) is 0 Å². The van der Waals surface area contributed by atoms with Gasteiger partial charge in [-0.1, -0.05) is 25.4 Å². The van der Waals surface area contributed by atoms with Crippen LogP contribution in [0.1, 0.15) is 13.8 Å². The summed E-state index contributed by atoms with van der Waals surface area (Å²) in [5, 5.41) is 3.19. The number of halogens is 1. The van der Waals surface area contributed by atoms with Gasteiger partial charge in [0.1, 0.15) is 5.82 Å². The van der Waals surface area contributed by atoms with E-state index in [2.05, 4.69) is 15.0 Å². The average Bonchev–Trinajstić information content (AvgIpc) is 2.47. The van der Waals surface area contributed by atoms with Gasteiger partial charge < -0.3 is 10.1 Å². The number of hydrogen-bond acceptors (Lipinski definition) is 5. The first kappa shape index (κ1) is 17.4. The van der Waals surface area contributed by atoms with Crippen LogP contribution in [0.25, 0.3) is 0 Å². The van der Waals surface area contributed by atoms with Crippen LogP contribution in [0.3, 0.4) is 0 Å². The monoisotopic (exact) mass is 313 g/mol. The third-order valence-electron chi connectivity index (χ3n) is 2.94. The smallest absolute Gasteiger partial charge is 0.309 e. The number of nitrogens with one attached hydrogen (secondary N) is 1. The highest BCUT2D eigenvalue weighted by atomic mass is 35.5. The number of carbonyl (C=O) groups is 2. The van der Waals surface area contributed by atoms with Crippen LogP contribution >= 0.6 is 11.6 Å². The lowest BCUT2D eigenvalue weighted by Crippen LogP contribution is -2.38. The van der Waals surface area contributed by atoms with Crippen LogP contribution in [-0.2, 0) is 14.3 Å². The van der Waals surface area contributed by atoms with Gasteiger partial charge in [-0.3, -0.25) is 14.5 Å². The lowest BCUT2D eigenvalue weighted by atomic mass is 10.1. The number of ether oxygens (including phenoxy) is 1. The van der Waals surface area contributed by atoms with Crippen molar-refractivity contribution in [2.24, 2.45) is 5.92 Å². The molecule has 1 rings (SSSR count). The third-order valence-corrected chi connectivity index (χ3v) is 3.17. The molecule has 1 aromatic rings. The molecule has 0 unspecified atom stereocenters. The van der Waals surface area contributed by atoms with Gasteiger partial charge in [0, 0.05) is 12.7 Å². The highest BCUT2D eigenvalue weighted by molar-refractivity contribution is 6.30. The van der Waals surface area contributed by atoms with E-state index in [4.69, 9.17) is 11.6 Å². The molecular weight excluding hydrogens is 294 g/mol. The number of nitrogens with zero attached hydrogens (tertiary/aromatic N) is 2. The molecule has 0 aliphatic carbocycles. The zero-order chi connectivity index (χ0) is 15.8. The zero-order valence-corrected chi connectivity index (χ0v) is 13.2. The minimum absolute atomic E-state index is 0.183. The number of aromatic nitrogens is 1. The molecule has 1 aromatic heterocycles. The van der Waals surface area contributed by atoms with Gasteiger partial charge in [0.15, 0.2) is 0 Å². The molecule has 0 saturated heterocycles. The topological polar surface area (TPSA) is 71.5 Å². The van der Waals surface area contributed by atoms with Crippen molar-refractivity contribution in [1.29, 1.82) is 0 Å². The molecule has 0 aliphatic rings. The second-order valence-electron chi connectivity index (χ2n) is 4.66. The molecule has 0 saturated carbocycles. The minimum Gasteiger partial charge on any atom is -0.469 e. The first-order valence-corrected chi connectivity index (χ1v) is 7.05. The van der Waals surface area contributed by atoms with E-state index < -0.39 is 0 Å². The summed E-state index contributed by atoms with van der Waals surface area (Å²) in [6, 6.07) is 3.29. The van der Waals surface area contributed by atoms with E-state index in [-0.39, 0.29) is 24.3 Å². The maximum absolute atomic E-state index is 11.9. The average molecular weight is 314 g/mol. The molecule has 1 heterocycles. The standard InChI is InChI=1S/C14H20ClN3O3/c1-4-18(8-10(2)14(20)21-3)9-13(19)17-12-6-5-11(15)7-16-12/h5-7,10H,4,8-9H2,1-3H3,(H,16,17,19)/t10-/m0/s1. The minimum atomic E-state index is -0.284. The van der Waals surface area contributed by atoms with Gasteiger partial charge in [-0.05, 0) is 18.7 Å². The summed E-state index contributed by atoms with van der Waals surface area (Å²) in [4.78, 5) is 29.2. The second-order valence-corrected chi connectivity index (χ2v) is 5.10. The summed E-state index contributed by atoms with van der Waals surface area (Å²) in [7, 11) is 1.36. The van der Waals surface area contributed by atoms with Gasteiger partial charge >= 0.3 is 5.97 Å². The normalized spacial score (nSPS) is 12.0. The van der Waals surface area contributed by atoms with Crippen LogP contribution in [0, 0.1) is 5.92 Å². The number of esters is 1. The Labute approximate surface area is 129 Å².